The first-order valence-electron chi connectivity index (χ1n) is 5.72. The van der Waals surface area contributed by atoms with E-state index < -0.39 is 17.5 Å². The minimum absolute atomic E-state index is 0.0364. The van der Waals surface area contributed by atoms with Crippen LogP contribution in [0.1, 0.15) is 5.56 Å². The molecular formula is C14H11BrF3NO. The first kappa shape index (κ1) is 14.7. The third kappa shape index (κ3) is 3.25. The predicted octanol–water partition coefficient (Wildman–Crippen LogP) is 4.49. The topological polar surface area (TPSA) is 21.3 Å². The molecule has 0 saturated heterocycles. The summed E-state index contributed by atoms with van der Waals surface area (Å²) >= 11 is 2.99. The fourth-order valence-corrected chi connectivity index (χ4v) is 2.10. The summed E-state index contributed by atoms with van der Waals surface area (Å²) in [5.41, 5.74) is -0.00376. The lowest BCUT2D eigenvalue weighted by molar-refractivity contribution is 0.411. The maximum atomic E-state index is 13.7. The molecule has 0 spiro atoms. The molecule has 0 heterocycles. The number of hydrogen-bond donors (Lipinski definition) is 1. The zero-order valence-electron chi connectivity index (χ0n) is 10.5. The number of halogens is 4. The first-order chi connectivity index (χ1) is 9.51. The van der Waals surface area contributed by atoms with Crippen molar-refractivity contribution in [2.45, 2.75) is 6.54 Å². The zero-order valence-corrected chi connectivity index (χ0v) is 12.1. The van der Waals surface area contributed by atoms with Gasteiger partial charge >= 0.3 is 0 Å². The van der Waals surface area contributed by atoms with Gasteiger partial charge in [-0.1, -0.05) is 22.0 Å². The highest BCUT2D eigenvalue weighted by Gasteiger charge is 2.11. The third-order valence-corrected chi connectivity index (χ3v) is 3.18. The van der Waals surface area contributed by atoms with Crippen molar-refractivity contribution in [1.29, 1.82) is 0 Å². The summed E-state index contributed by atoms with van der Waals surface area (Å²) < 4.78 is 46.0. The quantitative estimate of drug-likeness (QED) is 0.881. The molecule has 20 heavy (non-hydrogen) atoms. The van der Waals surface area contributed by atoms with Gasteiger partial charge in [0.1, 0.15) is 28.9 Å². The van der Waals surface area contributed by atoms with E-state index >= 15 is 0 Å². The Morgan fingerprint density at radius 1 is 1.05 bits per heavy atom. The summed E-state index contributed by atoms with van der Waals surface area (Å²) in [6.07, 6.45) is 0. The molecule has 2 aromatic rings. The van der Waals surface area contributed by atoms with Gasteiger partial charge in [0.25, 0.3) is 0 Å². The van der Waals surface area contributed by atoms with E-state index in [0.29, 0.717) is 10.2 Å². The van der Waals surface area contributed by atoms with Crippen LogP contribution >= 0.6 is 15.9 Å². The van der Waals surface area contributed by atoms with Crippen LogP contribution in [0, 0.1) is 17.5 Å². The van der Waals surface area contributed by atoms with E-state index in [1.165, 1.54) is 19.2 Å². The molecule has 106 valence electrons. The van der Waals surface area contributed by atoms with E-state index in [9.17, 15) is 13.2 Å². The van der Waals surface area contributed by atoms with E-state index in [4.69, 9.17) is 4.74 Å². The van der Waals surface area contributed by atoms with Crippen molar-refractivity contribution >= 4 is 21.6 Å². The lowest BCUT2D eigenvalue weighted by Gasteiger charge is -2.10. The first-order valence-corrected chi connectivity index (χ1v) is 6.51. The van der Waals surface area contributed by atoms with Crippen LogP contribution in [0.5, 0.6) is 5.75 Å². The smallest absolute Gasteiger partial charge is 0.150 e. The second-order valence-electron chi connectivity index (χ2n) is 4.06. The molecule has 0 bridgehead atoms. The van der Waals surface area contributed by atoms with Gasteiger partial charge in [0.15, 0.2) is 0 Å². The van der Waals surface area contributed by atoms with Crippen molar-refractivity contribution in [2.75, 3.05) is 12.4 Å². The van der Waals surface area contributed by atoms with Crippen LogP contribution in [-0.2, 0) is 6.54 Å². The van der Waals surface area contributed by atoms with Gasteiger partial charge in [-0.2, -0.15) is 0 Å². The molecule has 0 fully saturated rings. The largest absolute Gasteiger partial charge is 0.497 e. The van der Waals surface area contributed by atoms with Crippen LogP contribution in [0.25, 0.3) is 0 Å². The Kier molecular flexibility index (Phi) is 4.54. The monoisotopic (exact) mass is 345 g/mol. The van der Waals surface area contributed by atoms with Crippen LogP contribution in [0.4, 0.5) is 18.9 Å². The summed E-state index contributed by atoms with van der Waals surface area (Å²) in [5, 5.41) is 2.55. The summed E-state index contributed by atoms with van der Waals surface area (Å²) in [6.45, 7) is -0.0364. The second-order valence-corrected chi connectivity index (χ2v) is 4.97. The van der Waals surface area contributed by atoms with Gasteiger partial charge in [0, 0.05) is 22.6 Å². The van der Waals surface area contributed by atoms with Crippen LogP contribution < -0.4 is 10.1 Å². The highest BCUT2D eigenvalue weighted by atomic mass is 79.9. The lowest BCUT2D eigenvalue weighted by Crippen LogP contribution is -2.05. The molecule has 0 aliphatic heterocycles. The maximum absolute atomic E-state index is 13.7. The van der Waals surface area contributed by atoms with Gasteiger partial charge in [-0.3, -0.25) is 0 Å². The van der Waals surface area contributed by atoms with Crippen LogP contribution in [0.15, 0.2) is 34.8 Å². The molecule has 1 N–H and O–H groups in total. The Morgan fingerprint density at radius 3 is 2.25 bits per heavy atom. The van der Waals surface area contributed by atoms with Gasteiger partial charge < -0.3 is 10.1 Å². The van der Waals surface area contributed by atoms with Crippen molar-refractivity contribution < 1.29 is 17.9 Å². The summed E-state index contributed by atoms with van der Waals surface area (Å²) in [7, 11) is 1.43. The average molecular weight is 346 g/mol. The van der Waals surface area contributed by atoms with Crippen molar-refractivity contribution in [1.82, 2.24) is 0 Å². The van der Waals surface area contributed by atoms with Crippen molar-refractivity contribution in [3.63, 3.8) is 0 Å². The second kappa shape index (κ2) is 6.17. The highest BCUT2D eigenvalue weighted by molar-refractivity contribution is 9.10. The number of nitrogens with one attached hydrogen (secondary N) is 1. The van der Waals surface area contributed by atoms with Gasteiger partial charge in [0.2, 0.25) is 0 Å². The molecule has 0 atom stereocenters. The average Bonchev–Trinajstić information content (AvgIpc) is 2.39. The number of methoxy groups -OCH3 is 1. The molecule has 0 aliphatic rings. The van der Waals surface area contributed by atoms with E-state index in [0.717, 1.165) is 12.1 Å². The van der Waals surface area contributed by atoms with Gasteiger partial charge in [-0.15, -0.1) is 0 Å². The van der Waals surface area contributed by atoms with Crippen LogP contribution in [0.3, 0.4) is 0 Å². The number of anilines is 1. The van der Waals surface area contributed by atoms with Crippen LogP contribution in [0.2, 0.25) is 0 Å². The molecule has 0 saturated carbocycles. The Hall–Kier alpha value is -1.69. The van der Waals surface area contributed by atoms with E-state index in [1.54, 1.807) is 6.07 Å². The normalized spacial score (nSPS) is 10.4. The summed E-state index contributed by atoms with van der Waals surface area (Å²) in [4.78, 5) is 0. The minimum Gasteiger partial charge on any atom is -0.497 e. The zero-order chi connectivity index (χ0) is 14.7. The fourth-order valence-electron chi connectivity index (χ4n) is 1.69. The lowest BCUT2D eigenvalue weighted by atomic mass is 10.2. The number of hydrogen-bond acceptors (Lipinski definition) is 2. The molecule has 0 radical (unpaired) electrons. The van der Waals surface area contributed by atoms with Crippen molar-refractivity contribution in [3.05, 3.63) is 57.8 Å². The van der Waals surface area contributed by atoms with Gasteiger partial charge in [0.05, 0.1) is 7.11 Å². The summed E-state index contributed by atoms with van der Waals surface area (Å²) in [5.74, 6) is -1.61. The molecule has 2 rings (SSSR count). The fraction of sp³-hybridized carbons (Fsp3) is 0.143. The third-order valence-electron chi connectivity index (χ3n) is 2.72. The van der Waals surface area contributed by atoms with E-state index in [2.05, 4.69) is 21.2 Å². The van der Waals surface area contributed by atoms with E-state index in [-0.39, 0.29) is 17.8 Å². The molecule has 2 aromatic carbocycles. The molecule has 2 nitrogen and oxygen atoms in total. The standard InChI is InChI=1S/C14H11BrF3NO/c1-20-10-3-2-8(11(16)6-10)7-19-14-12(17)4-9(15)5-13(14)18/h2-6,19H,7H2,1H3. The molecule has 0 unspecified atom stereocenters. The number of rotatable bonds is 4. The van der Waals surface area contributed by atoms with Crippen molar-refractivity contribution in [2.24, 2.45) is 0 Å². The van der Waals surface area contributed by atoms with Crippen molar-refractivity contribution in [3.8, 4) is 5.75 Å². The Morgan fingerprint density at radius 2 is 1.70 bits per heavy atom. The SMILES string of the molecule is COc1ccc(CNc2c(F)cc(Br)cc2F)c(F)c1. The van der Waals surface area contributed by atoms with E-state index in [1.807, 2.05) is 0 Å². The minimum atomic E-state index is -0.745. The number of benzene rings is 2. The van der Waals surface area contributed by atoms with Crippen LogP contribution in [-0.4, -0.2) is 7.11 Å². The molecule has 6 heteroatoms. The van der Waals surface area contributed by atoms with Gasteiger partial charge in [-0.25, -0.2) is 13.2 Å². The molecule has 0 aromatic heterocycles. The number of ether oxygens (including phenoxy) is 1. The Labute approximate surface area is 122 Å². The van der Waals surface area contributed by atoms with Gasteiger partial charge in [-0.05, 0) is 18.2 Å². The molecule has 0 amide bonds. The predicted molar refractivity (Wildman–Crippen MR) is 74.3 cm³/mol. The molecule has 0 aliphatic carbocycles. The highest BCUT2D eigenvalue weighted by Crippen LogP contribution is 2.25. The Bertz CT molecular complexity index is 611. The summed E-state index contributed by atoms with van der Waals surface area (Å²) in [6, 6.07) is 6.56. The maximum Gasteiger partial charge on any atom is 0.150 e. The Balaban J connectivity index is 2.17. The molecular weight excluding hydrogens is 335 g/mol.